The van der Waals surface area contributed by atoms with Gasteiger partial charge in [0.05, 0.1) is 5.60 Å². The predicted molar refractivity (Wildman–Crippen MR) is 167 cm³/mol. The lowest BCUT2D eigenvalue weighted by atomic mass is 9.52. The normalized spacial score (nSPS) is 32.7. The fraction of sp³-hybridized carbons (Fsp3) is 0.886. The summed E-state index contributed by atoms with van der Waals surface area (Å²) in [4.78, 5) is 25.3. The molecule has 3 saturated carbocycles. The third kappa shape index (κ3) is 6.88. The molecule has 228 valence electrons. The van der Waals surface area contributed by atoms with Gasteiger partial charge in [-0.2, -0.15) is 0 Å². The minimum Gasteiger partial charge on any atom is -0.417 e. The Morgan fingerprint density at radius 1 is 0.900 bits per heavy atom. The van der Waals surface area contributed by atoms with Crippen molar-refractivity contribution in [2.45, 2.75) is 167 Å². The molecule has 4 aliphatic rings. The molecule has 4 rings (SSSR count). The Morgan fingerprint density at radius 2 is 1.52 bits per heavy atom. The largest absolute Gasteiger partial charge is 0.417 e. The van der Waals surface area contributed by atoms with Gasteiger partial charge in [0, 0.05) is 31.3 Å². The van der Waals surface area contributed by atoms with E-state index in [1.54, 1.807) is 0 Å². The van der Waals surface area contributed by atoms with E-state index in [0.29, 0.717) is 47.8 Å². The second-order valence-electron chi connectivity index (χ2n) is 15.8. The molecule has 1 N–H and O–H groups in total. The highest BCUT2D eigenvalue weighted by molar-refractivity contribution is 6.74. The number of aliphatic hydroxyl groups is 1. The van der Waals surface area contributed by atoms with Crippen LogP contribution in [0.5, 0.6) is 0 Å². The fourth-order valence-electron chi connectivity index (χ4n) is 8.57. The summed E-state index contributed by atoms with van der Waals surface area (Å²) in [5.41, 5.74) is 1.67. The molecule has 0 amide bonds. The maximum Gasteiger partial charge on any atom is 0.191 e. The summed E-state index contributed by atoms with van der Waals surface area (Å²) in [6.07, 6.45) is 18.7. The van der Waals surface area contributed by atoms with Crippen LogP contribution in [0.1, 0.15) is 143 Å². The van der Waals surface area contributed by atoms with Crippen LogP contribution in [0.15, 0.2) is 11.1 Å². The Hall–Kier alpha value is -0.783. The lowest BCUT2D eigenvalue weighted by Crippen LogP contribution is -2.50. The maximum atomic E-state index is 13.1. The minimum atomic E-state index is -1.60. The molecule has 0 heterocycles. The number of carbonyl (C=O) groups excluding carboxylic acids is 2. The molecule has 0 aromatic rings. The number of carbonyl (C=O) groups is 2. The van der Waals surface area contributed by atoms with Crippen LogP contribution in [0.2, 0.25) is 18.1 Å². The molecule has 3 fully saturated rings. The standard InChI is InChI=1S/C35H60O4Si/c1-33(2,3)40(5,6)39-23-15-13-11-9-7-8-10-12-14-16-26-24-34(4)29(19-20-31(34)37)28-21-22-35(38)25-27(36)17-18-30(35)32(26)28/h26,28-29,38H,7-25H2,1-6H3/t26-,28-,29-,34-,35+/m0/s1. The first kappa shape index (κ1) is 32.1. The molecular formula is C35H60O4Si. The van der Waals surface area contributed by atoms with Crippen LogP contribution >= 0.6 is 0 Å². The molecule has 0 aromatic heterocycles. The van der Waals surface area contributed by atoms with Crippen LogP contribution in [-0.4, -0.2) is 37.2 Å². The summed E-state index contributed by atoms with van der Waals surface area (Å²) in [7, 11) is -1.60. The zero-order chi connectivity index (χ0) is 29.2. The molecule has 0 spiro atoms. The van der Waals surface area contributed by atoms with E-state index in [2.05, 4.69) is 40.8 Å². The van der Waals surface area contributed by atoms with E-state index in [4.69, 9.17) is 4.43 Å². The van der Waals surface area contributed by atoms with Crippen molar-refractivity contribution in [2.75, 3.05) is 6.61 Å². The number of ketones is 2. The molecule has 4 aliphatic carbocycles. The van der Waals surface area contributed by atoms with Gasteiger partial charge in [0.15, 0.2) is 8.32 Å². The third-order valence-electron chi connectivity index (χ3n) is 12.0. The Labute approximate surface area is 246 Å². The molecular weight excluding hydrogens is 512 g/mol. The second kappa shape index (κ2) is 12.8. The van der Waals surface area contributed by atoms with E-state index in [-0.39, 0.29) is 11.2 Å². The highest BCUT2D eigenvalue weighted by Crippen LogP contribution is 2.62. The third-order valence-corrected chi connectivity index (χ3v) is 16.6. The van der Waals surface area contributed by atoms with Crippen molar-refractivity contribution < 1.29 is 19.1 Å². The summed E-state index contributed by atoms with van der Waals surface area (Å²) in [5.74, 6) is 2.01. The van der Waals surface area contributed by atoms with Gasteiger partial charge >= 0.3 is 0 Å². The van der Waals surface area contributed by atoms with Crippen molar-refractivity contribution in [1.82, 2.24) is 0 Å². The fourth-order valence-corrected chi connectivity index (χ4v) is 9.66. The summed E-state index contributed by atoms with van der Waals surface area (Å²) < 4.78 is 6.31. The molecule has 40 heavy (non-hydrogen) atoms. The highest BCUT2D eigenvalue weighted by atomic mass is 28.4. The van der Waals surface area contributed by atoms with Gasteiger partial charge in [-0.05, 0) is 86.4 Å². The van der Waals surface area contributed by atoms with Crippen molar-refractivity contribution in [1.29, 1.82) is 0 Å². The molecule has 0 saturated heterocycles. The van der Waals surface area contributed by atoms with E-state index in [0.717, 1.165) is 45.1 Å². The molecule has 0 aromatic carbocycles. The van der Waals surface area contributed by atoms with Gasteiger partial charge in [-0.25, -0.2) is 0 Å². The van der Waals surface area contributed by atoms with E-state index in [1.165, 1.54) is 68.9 Å². The van der Waals surface area contributed by atoms with E-state index in [1.807, 2.05) is 0 Å². The molecule has 0 unspecified atom stereocenters. The average Bonchev–Trinajstić information content (AvgIpc) is 3.16. The number of fused-ring (bicyclic) bond motifs is 4. The Kier molecular flexibility index (Phi) is 10.3. The second-order valence-corrected chi connectivity index (χ2v) is 20.6. The Balaban J connectivity index is 1.20. The van der Waals surface area contributed by atoms with Gasteiger partial charge in [-0.15, -0.1) is 0 Å². The van der Waals surface area contributed by atoms with Crippen molar-refractivity contribution >= 4 is 19.9 Å². The number of allylic oxidation sites excluding steroid dienone is 1. The first-order chi connectivity index (χ1) is 18.8. The molecule has 4 nitrogen and oxygen atoms in total. The number of Topliss-reactive ketones (excluding diaryl/α,β-unsaturated/α-hetero) is 2. The van der Waals surface area contributed by atoms with Crippen LogP contribution in [0, 0.1) is 23.2 Å². The summed E-state index contributed by atoms with van der Waals surface area (Å²) >= 11 is 0. The predicted octanol–water partition coefficient (Wildman–Crippen LogP) is 9.11. The zero-order valence-corrected chi connectivity index (χ0v) is 27.8. The molecule has 5 atom stereocenters. The van der Waals surface area contributed by atoms with Crippen LogP contribution < -0.4 is 0 Å². The number of unbranched alkanes of at least 4 members (excludes halogenated alkanes) is 8. The monoisotopic (exact) mass is 572 g/mol. The van der Waals surface area contributed by atoms with Crippen LogP contribution in [0.3, 0.4) is 0 Å². The van der Waals surface area contributed by atoms with Crippen molar-refractivity contribution in [3.8, 4) is 0 Å². The topological polar surface area (TPSA) is 63.6 Å². The molecule has 0 bridgehead atoms. The summed E-state index contributed by atoms with van der Waals surface area (Å²) in [5, 5.41) is 11.9. The molecule has 5 heteroatoms. The van der Waals surface area contributed by atoms with E-state index >= 15 is 0 Å². The van der Waals surface area contributed by atoms with Crippen molar-refractivity contribution in [3.05, 3.63) is 11.1 Å². The van der Waals surface area contributed by atoms with Gasteiger partial charge in [0.2, 0.25) is 0 Å². The Morgan fingerprint density at radius 3 is 2.17 bits per heavy atom. The minimum absolute atomic E-state index is 0.172. The lowest BCUT2D eigenvalue weighted by Gasteiger charge is -2.53. The lowest BCUT2D eigenvalue weighted by molar-refractivity contribution is -0.129. The van der Waals surface area contributed by atoms with Crippen molar-refractivity contribution in [3.63, 3.8) is 0 Å². The van der Waals surface area contributed by atoms with Crippen LogP contribution in [0.25, 0.3) is 0 Å². The quantitative estimate of drug-likeness (QED) is 0.136. The first-order valence-electron chi connectivity index (χ1n) is 16.9. The summed E-state index contributed by atoms with van der Waals surface area (Å²) in [6.45, 7) is 14.8. The smallest absolute Gasteiger partial charge is 0.191 e. The van der Waals surface area contributed by atoms with Gasteiger partial charge in [-0.1, -0.05) is 84.6 Å². The van der Waals surface area contributed by atoms with Gasteiger partial charge in [0.1, 0.15) is 11.6 Å². The number of hydrogen-bond donors (Lipinski definition) is 1. The van der Waals surface area contributed by atoms with Crippen LogP contribution in [0.4, 0.5) is 0 Å². The molecule has 0 aliphatic heterocycles. The maximum absolute atomic E-state index is 13.1. The number of rotatable bonds is 13. The zero-order valence-electron chi connectivity index (χ0n) is 26.8. The van der Waals surface area contributed by atoms with E-state index in [9.17, 15) is 14.7 Å². The molecule has 0 radical (unpaired) electrons. The Bertz CT molecular complexity index is 946. The first-order valence-corrected chi connectivity index (χ1v) is 19.8. The van der Waals surface area contributed by atoms with Gasteiger partial charge < -0.3 is 9.53 Å². The van der Waals surface area contributed by atoms with Crippen molar-refractivity contribution in [2.24, 2.45) is 23.2 Å². The van der Waals surface area contributed by atoms with Crippen LogP contribution in [-0.2, 0) is 14.0 Å². The highest BCUT2D eigenvalue weighted by Gasteiger charge is 2.58. The van der Waals surface area contributed by atoms with Gasteiger partial charge in [-0.3, -0.25) is 9.59 Å². The summed E-state index contributed by atoms with van der Waals surface area (Å²) in [6, 6.07) is 0. The van der Waals surface area contributed by atoms with Gasteiger partial charge in [0.25, 0.3) is 0 Å². The SMILES string of the molecule is CC(C)(C)[Si](C)(C)OCCCCCCCCCCC[C@H]1C[C@]2(C)C(=O)CC[C@H]2[C@@H]2CC[C@@]3(O)CC(=O)CCC3=C12. The van der Waals surface area contributed by atoms with E-state index < -0.39 is 13.9 Å². The number of hydrogen-bond acceptors (Lipinski definition) is 4. The average molecular weight is 573 g/mol.